The van der Waals surface area contributed by atoms with Crippen LogP contribution < -0.4 is 0 Å². The van der Waals surface area contributed by atoms with Crippen LogP contribution in [0.25, 0.3) is 0 Å². The second-order valence-electron chi connectivity index (χ2n) is 5.10. The monoisotopic (exact) mass is 216 g/mol. The van der Waals surface area contributed by atoms with Crippen LogP contribution in [0.4, 0.5) is 0 Å². The smallest absolute Gasteiger partial charge is 0.306 e. The van der Waals surface area contributed by atoms with Crippen LogP contribution in [0.5, 0.6) is 0 Å². The summed E-state index contributed by atoms with van der Waals surface area (Å²) in [5.74, 6) is -0.309. The predicted molar refractivity (Wildman–Crippen MR) is 61.4 cm³/mol. The van der Waals surface area contributed by atoms with E-state index in [1.54, 1.807) is 0 Å². The SMILES string of the molecule is O=C(O)C1CC1Cc1ccc2c(c1)CCC2. The average molecular weight is 216 g/mol. The van der Waals surface area contributed by atoms with Crippen molar-refractivity contribution in [1.29, 1.82) is 0 Å². The summed E-state index contributed by atoms with van der Waals surface area (Å²) in [6.45, 7) is 0. The molecule has 2 aliphatic carbocycles. The van der Waals surface area contributed by atoms with Gasteiger partial charge in [0.2, 0.25) is 0 Å². The fraction of sp³-hybridized carbons (Fsp3) is 0.500. The van der Waals surface area contributed by atoms with Gasteiger partial charge in [0, 0.05) is 0 Å². The lowest BCUT2D eigenvalue weighted by Gasteiger charge is -2.04. The first-order chi connectivity index (χ1) is 7.74. The molecule has 0 amide bonds. The number of aryl methyl sites for hydroxylation is 2. The summed E-state index contributed by atoms with van der Waals surface area (Å²) in [6.07, 6.45) is 5.52. The Balaban J connectivity index is 1.70. The van der Waals surface area contributed by atoms with Gasteiger partial charge in [0.1, 0.15) is 0 Å². The van der Waals surface area contributed by atoms with Crippen molar-refractivity contribution < 1.29 is 9.90 Å². The number of benzene rings is 1. The van der Waals surface area contributed by atoms with Gasteiger partial charge in [-0.2, -0.15) is 0 Å². The zero-order chi connectivity index (χ0) is 11.1. The third-order valence-electron chi connectivity index (χ3n) is 3.90. The van der Waals surface area contributed by atoms with Gasteiger partial charge in [-0.25, -0.2) is 0 Å². The van der Waals surface area contributed by atoms with E-state index in [2.05, 4.69) is 18.2 Å². The molecule has 3 rings (SSSR count). The normalized spacial score (nSPS) is 26.5. The molecule has 2 atom stereocenters. The summed E-state index contributed by atoms with van der Waals surface area (Å²) < 4.78 is 0. The molecule has 0 aliphatic heterocycles. The Hall–Kier alpha value is -1.31. The maximum atomic E-state index is 10.7. The van der Waals surface area contributed by atoms with Crippen molar-refractivity contribution in [1.82, 2.24) is 0 Å². The van der Waals surface area contributed by atoms with Crippen LogP contribution >= 0.6 is 0 Å². The Morgan fingerprint density at radius 3 is 2.88 bits per heavy atom. The van der Waals surface area contributed by atoms with Crippen molar-refractivity contribution >= 4 is 5.97 Å². The first kappa shape index (κ1) is 9.88. The minimum atomic E-state index is -0.619. The lowest BCUT2D eigenvalue weighted by molar-refractivity contribution is -0.138. The molecule has 0 heterocycles. The van der Waals surface area contributed by atoms with Crippen molar-refractivity contribution in [3.05, 3.63) is 34.9 Å². The maximum absolute atomic E-state index is 10.7. The zero-order valence-electron chi connectivity index (χ0n) is 9.28. The number of aliphatic carboxylic acids is 1. The molecule has 2 nitrogen and oxygen atoms in total. The lowest BCUT2D eigenvalue weighted by Crippen LogP contribution is -2.01. The molecule has 0 bridgehead atoms. The fourth-order valence-electron chi connectivity index (χ4n) is 2.83. The Morgan fingerprint density at radius 2 is 2.12 bits per heavy atom. The van der Waals surface area contributed by atoms with E-state index in [1.165, 1.54) is 36.0 Å². The molecule has 2 aliphatic rings. The van der Waals surface area contributed by atoms with Crippen LogP contribution in [-0.2, 0) is 24.1 Å². The molecule has 0 saturated heterocycles. The van der Waals surface area contributed by atoms with E-state index in [-0.39, 0.29) is 5.92 Å². The molecule has 1 saturated carbocycles. The summed E-state index contributed by atoms with van der Waals surface area (Å²) >= 11 is 0. The van der Waals surface area contributed by atoms with Crippen LogP contribution in [0.15, 0.2) is 18.2 Å². The molecule has 0 aromatic heterocycles. The third-order valence-corrected chi connectivity index (χ3v) is 3.90. The Kier molecular flexibility index (Phi) is 2.23. The fourth-order valence-corrected chi connectivity index (χ4v) is 2.83. The van der Waals surface area contributed by atoms with Gasteiger partial charge in [-0.1, -0.05) is 18.2 Å². The van der Waals surface area contributed by atoms with Gasteiger partial charge in [0.05, 0.1) is 5.92 Å². The van der Waals surface area contributed by atoms with E-state index in [0.717, 1.165) is 12.8 Å². The van der Waals surface area contributed by atoms with Gasteiger partial charge < -0.3 is 5.11 Å². The highest BCUT2D eigenvalue weighted by molar-refractivity contribution is 5.73. The van der Waals surface area contributed by atoms with Crippen molar-refractivity contribution in [2.45, 2.75) is 32.1 Å². The summed E-state index contributed by atoms with van der Waals surface area (Å²) in [4.78, 5) is 10.7. The molecule has 1 aromatic carbocycles. The molecule has 0 spiro atoms. The number of fused-ring (bicyclic) bond motifs is 1. The molecule has 2 heteroatoms. The molecule has 0 radical (unpaired) electrons. The van der Waals surface area contributed by atoms with Crippen LogP contribution in [0.1, 0.15) is 29.5 Å². The summed E-state index contributed by atoms with van der Waals surface area (Å²) in [5, 5.41) is 8.86. The summed E-state index contributed by atoms with van der Waals surface area (Å²) in [7, 11) is 0. The minimum Gasteiger partial charge on any atom is -0.481 e. The van der Waals surface area contributed by atoms with E-state index in [9.17, 15) is 4.79 Å². The molecular formula is C14H16O2. The topological polar surface area (TPSA) is 37.3 Å². The number of hydrogen-bond acceptors (Lipinski definition) is 1. The Morgan fingerprint density at radius 1 is 1.31 bits per heavy atom. The van der Waals surface area contributed by atoms with Crippen LogP contribution in [0.2, 0.25) is 0 Å². The zero-order valence-corrected chi connectivity index (χ0v) is 9.28. The molecule has 1 aromatic rings. The molecule has 2 unspecified atom stereocenters. The Labute approximate surface area is 95.3 Å². The summed E-state index contributed by atoms with van der Waals surface area (Å²) in [5.41, 5.74) is 4.31. The highest BCUT2D eigenvalue weighted by atomic mass is 16.4. The lowest BCUT2D eigenvalue weighted by atomic mass is 10.0. The van der Waals surface area contributed by atoms with E-state index in [1.807, 2.05) is 0 Å². The number of hydrogen-bond donors (Lipinski definition) is 1. The van der Waals surface area contributed by atoms with E-state index >= 15 is 0 Å². The van der Waals surface area contributed by atoms with E-state index < -0.39 is 5.97 Å². The molecule has 16 heavy (non-hydrogen) atoms. The minimum absolute atomic E-state index is 0.0757. The largest absolute Gasteiger partial charge is 0.481 e. The summed E-state index contributed by atoms with van der Waals surface area (Å²) in [6, 6.07) is 6.71. The van der Waals surface area contributed by atoms with Gasteiger partial charge in [-0.05, 0) is 54.7 Å². The van der Waals surface area contributed by atoms with Gasteiger partial charge in [-0.3, -0.25) is 4.79 Å². The van der Waals surface area contributed by atoms with E-state index in [4.69, 9.17) is 5.11 Å². The second kappa shape index (κ2) is 3.62. The van der Waals surface area contributed by atoms with Crippen molar-refractivity contribution in [2.24, 2.45) is 11.8 Å². The molecule has 1 fully saturated rings. The van der Waals surface area contributed by atoms with Crippen LogP contribution in [-0.4, -0.2) is 11.1 Å². The number of carboxylic acid groups (broad SMARTS) is 1. The quantitative estimate of drug-likeness (QED) is 0.842. The molecular weight excluding hydrogens is 200 g/mol. The number of carboxylic acids is 1. The standard InChI is InChI=1S/C14H16O2/c15-14(16)13-8-12(13)7-9-4-5-10-2-1-3-11(10)6-9/h4-6,12-13H,1-3,7-8H2,(H,15,16). The Bertz CT molecular complexity index is 436. The van der Waals surface area contributed by atoms with Crippen molar-refractivity contribution in [3.8, 4) is 0 Å². The van der Waals surface area contributed by atoms with Crippen molar-refractivity contribution in [2.75, 3.05) is 0 Å². The first-order valence-electron chi connectivity index (χ1n) is 6.07. The van der Waals surface area contributed by atoms with Crippen LogP contribution in [0.3, 0.4) is 0 Å². The van der Waals surface area contributed by atoms with Gasteiger partial charge in [-0.15, -0.1) is 0 Å². The first-order valence-corrected chi connectivity index (χ1v) is 6.07. The molecule has 84 valence electrons. The van der Waals surface area contributed by atoms with Crippen LogP contribution in [0, 0.1) is 11.8 Å². The highest BCUT2D eigenvalue weighted by Gasteiger charge is 2.42. The van der Waals surface area contributed by atoms with Gasteiger partial charge in [0.25, 0.3) is 0 Å². The average Bonchev–Trinajstić information content (AvgIpc) is 2.87. The predicted octanol–water partition coefficient (Wildman–Crippen LogP) is 2.44. The van der Waals surface area contributed by atoms with Crippen molar-refractivity contribution in [3.63, 3.8) is 0 Å². The third kappa shape index (κ3) is 1.73. The number of rotatable bonds is 3. The highest BCUT2D eigenvalue weighted by Crippen LogP contribution is 2.41. The number of carbonyl (C=O) groups is 1. The van der Waals surface area contributed by atoms with E-state index in [0.29, 0.717) is 5.92 Å². The van der Waals surface area contributed by atoms with Gasteiger partial charge >= 0.3 is 5.97 Å². The molecule has 1 N–H and O–H groups in total. The second-order valence-corrected chi connectivity index (χ2v) is 5.10. The van der Waals surface area contributed by atoms with Gasteiger partial charge in [0.15, 0.2) is 0 Å². The maximum Gasteiger partial charge on any atom is 0.306 e.